The van der Waals surface area contributed by atoms with Crippen LogP contribution in [0.2, 0.25) is 0 Å². The molecule has 0 atom stereocenters. The van der Waals surface area contributed by atoms with Crippen LogP contribution < -0.4 is 14.8 Å². The molecule has 0 unspecified atom stereocenters. The second-order valence-corrected chi connectivity index (χ2v) is 5.43. The van der Waals surface area contributed by atoms with Gasteiger partial charge in [-0.05, 0) is 52.9 Å². The van der Waals surface area contributed by atoms with Crippen LogP contribution in [0.15, 0.2) is 36.4 Å². The Hall–Kier alpha value is -1.96. The predicted octanol–water partition coefficient (Wildman–Crippen LogP) is 2.98. The fourth-order valence-electron chi connectivity index (χ4n) is 1.86. The van der Waals surface area contributed by atoms with Crippen LogP contribution in [-0.4, -0.2) is 17.8 Å². The van der Waals surface area contributed by atoms with Crippen LogP contribution in [-0.2, 0) is 0 Å². The number of anilines is 1. The lowest BCUT2D eigenvalue weighted by Gasteiger charge is -2.08. The van der Waals surface area contributed by atoms with Crippen LogP contribution in [0.5, 0.6) is 17.2 Å². The first kappa shape index (κ1) is 13.0. The number of carbonyl (C=O) groups excluding carboxylic acids is 1. The molecule has 1 amide bonds. The smallest absolute Gasteiger partial charge is 0.259 e. The Labute approximate surface area is 128 Å². The third-order valence-corrected chi connectivity index (χ3v) is 3.50. The Morgan fingerprint density at radius 2 is 1.95 bits per heavy atom. The first-order valence-corrected chi connectivity index (χ1v) is 6.91. The highest BCUT2D eigenvalue weighted by Crippen LogP contribution is 2.34. The number of halogens is 1. The summed E-state index contributed by atoms with van der Waals surface area (Å²) in [7, 11) is 0. The maximum atomic E-state index is 12.1. The molecule has 1 heterocycles. The van der Waals surface area contributed by atoms with Crippen LogP contribution in [0.25, 0.3) is 0 Å². The summed E-state index contributed by atoms with van der Waals surface area (Å²) in [5, 5.41) is 12.4. The second-order valence-electron chi connectivity index (χ2n) is 4.18. The predicted molar refractivity (Wildman–Crippen MR) is 81.3 cm³/mol. The van der Waals surface area contributed by atoms with Crippen molar-refractivity contribution >= 4 is 34.2 Å². The van der Waals surface area contributed by atoms with Gasteiger partial charge >= 0.3 is 0 Å². The van der Waals surface area contributed by atoms with Gasteiger partial charge in [-0.15, -0.1) is 0 Å². The average molecular weight is 383 g/mol. The summed E-state index contributed by atoms with van der Waals surface area (Å²) >= 11 is 2.08. The van der Waals surface area contributed by atoms with E-state index in [1.807, 2.05) is 0 Å². The highest BCUT2D eigenvalue weighted by molar-refractivity contribution is 14.1. The van der Waals surface area contributed by atoms with Crippen molar-refractivity contribution in [1.29, 1.82) is 0 Å². The molecule has 3 rings (SSSR count). The number of phenols is 1. The van der Waals surface area contributed by atoms with Crippen LogP contribution in [0, 0.1) is 3.57 Å². The topological polar surface area (TPSA) is 67.8 Å². The van der Waals surface area contributed by atoms with E-state index in [2.05, 4.69) is 27.9 Å². The number of benzene rings is 2. The van der Waals surface area contributed by atoms with Gasteiger partial charge in [-0.1, -0.05) is 0 Å². The van der Waals surface area contributed by atoms with Crippen LogP contribution in [0.3, 0.4) is 0 Å². The van der Waals surface area contributed by atoms with Crippen molar-refractivity contribution in [1.82, 2.24) is 0 Å². The zero-order valence-electron chi connectivity index (χ0n) is 10.2. The van der Waals surface area contributed by atoms with Crippen molar-refractivity contribution in [2.45, 2.75) is 0 Å². The molecular formula is C14H10INO4. The second kappa shape index (κ2) is 5.20. The Morgan fingerprint density at radius 1 is 1.15 bits per heavy atom. The minimum atomic E-state index is -0.375. The number of hydrogen-bond acceptors (Lipinski definition) is 4. The Bertz CT molecular complexity index is 687. The number of ether oxygens (including phenoxy) is 2. The van der Waals surface area contributed by atoms with Gasteiger partial charge in [0.15, 0.2) is 11.5 Å². The summed E-state index contributed by atoms with van der Waals surface area (Å²) in [4.78, 5) is 12.1. The quantitative estimate of drug-likeness (QED) is 0.783. The van der Waals surface area contributed by atoms with Gasteiger partial charge in [0, 0.05) is 15.3 Å². The van der Waals surface area contributed by atoms with Gasteiger partial charge in [0.05, 0.1) is 5.56 Å². The summed E-state index contributed by atoms with van der Waals surface area (Å²) in [6.45, 7) is 0.185. The molecule has 102 valence electrons. The van der Waals surface area contributed by atoms with E-state index in [-0.39, 0.29) is 24.0 Å². The fourth-order valence-corrected chi connectivity index (χ4v) is 2.35. The van der Waals surface area contributed by atoms with Crippen LogP contribution in [0.1, 0.15) is 10.4 Å². The van der Waals surface area contributed by atoms with Crippen molar-refractivity contribution < 1.29 is 19.4 Å². The lowest BCUT2D eigenvalue weighted by atomic mass is 10.2. The molecule has 0 spiro atoms. The van der Waals surface area contributed by atoms with Gasteiger partial charge < -0.3 is 19.9 Å². The molecule has 0 fully saturated rings. The molecule has 0 aromatic heterocycles. The van der Waals surface area contributed by atoms with Crippen LogP contribution >= 0.6 is 22.6 Å². The third-order valence-electron chi connectivity index (χ3n) is 2.83. The molecule has 6 heteroatoms. The summed E-state index contributed by atoms with van der Waals surface area (Å²) in [5.41, 5.74) is 0.812. The number of rotatable bonds is 2. The Kier molecular flexibility index (Phi) is 3.39. The molecule has 2 aromatic rings. The lowest BCUT2D eigenvalue weighted by molar-refractivity contribution is 0.102. The van der Waals surface area contributed by atoms with Gasteiger partial charge in [-0.2, -0.15) is 0 Å². The first-order valence-electron chi connectivity index (χ1n) is 5.83. The number of aromatic hydroxyl groups is 1. The molecule has 0 saturated carbocycles. The van der Waals surface area contributed by atoms with Crippen molar-refractivity contribution in [2.24, 2.45) is 0 Å². The molecule has 0 bridgehead atoms. The molecule has 1 aliphatic rings. The number of fused-ring (bicyclic) bond motifs is 1. The number of phenolic OH excluding ortho intramolecular Hbond substituents is 1. The average Bonchev–Trinajstić information content (AvgIpc) is 2.89. The summed E-state index contributed by atoms with van der Waals surface area (Å²) < 4.78 is 11.3. The van der Waals surface area contributed by atoms with Crippen molar-refractivity contribution in [3.05, 3.63) is 45.5 Å². The largest absolute Gasteiger partial charge is 0.507 e. The van der Waals surface area contributed by atoms with Gasteiger partial charge in [0.25, 0.3) is 5.91 Å². The van der Waals surface area contributed by atoms with E-state index in [9.17, 15) is 9.90 Å². The van der Waals surface area contributed by atoms with E-state index >= 15 is 0 Å². The standard InChI is InChI=1S/C14H10INO4/c15-8-1-3-11(17)10(5-8)14(18)16-9-2-4-12-13(6-9)20-7-19-12/h1-6,17H,7H2,(H,16,18). The van der Waals surface area contributed by atoms with E-state index in [1.165, 1.54) is 6.07 Å². The van der Waals surface area contributed by atoms with E-state index in [0.717, 1.165) is 3.57 Å². The maximum Gasteiger partial charge on any atom is 0.259 e. The molecule has 0 radical (unpaired) electrons. The molecule has 2 N–H and O–H groups in total. The Morgan fingerprint density at radius 3 is 2.80 bits per heavy atom. The maximum absolute atomic E-state index is 12.1. The zero-order valence-corrected chi connectivity index (χ0v) is 12.4. The van der Waals surface area contributed by atoms with E-state index in [4.69, 9.17) is 9.47 Å². The van der Waals surface area contributed by atoms with Gasteiger partial charge in [0.1, 0.15) is 5.75 Å². The highest BCUT2D eigenvalue weighted by Gasteiger charge is 2.16. The van der Waals surface area contributed by atoms with E-state index in [0.29, 0.717) is 17.2 Å². The highest BCUT2D eigenvalue weighted by atomic mass is 127. The third kappa shape index (κ3) is 2.51. The summed E-state index contributed by atoms with van der Waals surface area (Å²) in [6, 6.07) is 9.98. The zero-order chi connectivity index (χ0) is 14.1. The number of hydrogen-bond donors (Lipinski definition) is 2. The SMILES string of the molecule is O=C(Nc1ccc2c(c1)OCO2)c1cc(I)ccc1O. The van der Waals surface area contributed by atoms with E-state index < -0.39 is 0 Å². The van der Waals surface area contributed by atoms with E-state index in [1.54, 1.807) is 30.3 Å². The normalized spacial score (nSPS) is 12.2. The minimum Gasteiger partial charge on any atom is -0.507 e. The van der Waals surface area contributed by atoms with Gasteiger partial charge in [0.2, 0.25) is 6.79 Å². The van der Waals surface area contributed by atoms with Crippen molar-refractivity contribution in [3.63, 3.8) is 0 Å². The molecule has 0 aliphatic carbocycles. The molecule has 1 aliphatic heterocycles. The molecule has 5 nitrogen and oxygen atoms in total. The molecule has 20 heavy (non-hydrogen) atoms. The van der Waals surface area contributed by atoms with Crippen molar-refractivity contribution in [3.8, 4) is 17.2 Å². The monoisotopic (exact) mass is 383 g/mol. The number of nitrogens with one attached hydrogen (secondary N) is 1. The summed E-state index contributed by atoms with van der Waals surface area (Å²) in [6.07, 6.45) is 0. The van der Waals surface area contributed by atoms with Gasteiger partial charge in [-0.3, -0.25) is 4.79 Å². The summed E-state index contributed by atoms with van der Waals surface area (Å²) in [5.74, 6) is 0.818. The van der Waals surface area contributed by atoms with Crippen LogP contribution in [0.4, 0.5) is 5.69 Å². The fraction of sp³-hybridized carbons (Fsp3) is 0.0714. The minimum absolute atomic E-state index is 0.0522. The molecular weight excluding hydrogens is 373 g/mol. The lowest BCUT2D eigenvalue weighted by Crippen LogP contribution is -2.12. The molecule has 0 saturated heterocycles. The molecule has 2 aromatic carbocycles. The number of amides is 1. The number of carbonyl (C=O) groups is 1. The first-order chi connectivity index (χ1) is 9.63. The Balaban J connectivity index is 1.84. The van der Waals surface area contributed by atoms with Gasteiger partial charge in [-0.25, -0.2) is 0 Å². The van der Waals surface area contributed by atoms with Crippen molar-refractivity contribution in [2.75, 3.05) is 12.1 Å².